The number of benzene rings is 1. The highest BCUT2D eigenvalue weighted by Crippen LogP contribution is 2.43. The van der Waals surface area contributed by atoms with Gasteiger partial charge in [-0.2, -0.15) is 4.91 Å². The number of likely N-dealkylation sites (tertiary alicyclic amines) is 1. The van der Waals surface area contributed by atoms with E-state index in [9.17, 15) is 18.1 Å². The van der Waals surface area contributed by atoms with Crippen molar-refractivity contribution < 1.29 is 21.8 Å². The van der Waals surface area contributed by atoms with Gasteiger partial charge in [-0.15, -0.1) is 0 Å². The Balaban J connectivity index is 2.66. The molecule has 2 rings (SSSR count). The second-order valence-corrected chi connectivity index (χ2v) is 9.54. The average molecular weight is 388 g/mol. The lowest BCUT2D eigenvalue weighted by Crippen LogP contribution is -2.72. The normalized spacial score (nSPS) is 29.4. The summed E-state index contributed by atoms with van der Waals surface area (Å²) in [6.45, 7) is 0.657. The molecule has 138 valence electrons. The zero-order chi connectivity index (χ0) is 18.9. The molecule has 0 bridgehead atoms. The van der Waals surface area contributed by atoms with Crippen LogP contribution in [0.2, 0.25) is 0 Å². The van der Waals surface area contributed by atoms with Gasteiger partial charge in [-0.05, 0) is 12.1 Å². The number of esters is 1. The van der Waals surface area contributed by atoms with Crippen LogP contribution in [0.5, 0.6) is 0 Å². The van der Waals surface area contributed by atoms with Gasteiger partial charge in [0.05, 0.1) is 45.0 Å². The predicted octanol–water partition coefficient (Wildman–Crippen LogP) is 0.879. The number of nitrogens with two attached hydrogens (primary N) is 1. The number of sulfone groups is 1. The number of ether oxygens (including phenoxy) is 1. The van der Waals surface area contributed by atoms with E-state index >= 15 is 0 Å². The molecule has 1 aliphatic heterocycles. The summed E-state index contributed by atoms with van der Waals surface area (Å²) >= 11 is 4.43. The molecule has 0 aliphatic carbocycles. The molecular weight excluding hydrogens is 366 g/mol. The van der Waals surface area contributed by atoms with Gasteiger partial charge in [-0.25, -0.2) is 13.2 Å². The summed E-state index contributed by atoms with van der Waals surface area (Å²) in [5.41, 5.74) is 4.34. The molecule has 1 fully saturated rings. The molecule has 1 heterocycles. The summed E-state index contributed by atoms with van der Waals surface area (Å²) in [6, 6.07) is 7.29. The van der Waals surface area contributed by atoms with Crippen molar-refractivity contribution in [2.45, 2.75) is 28.1 Å². The van der Waals surface area contributed by atoms with Crippen molar-refractivity contribution in [2.75, 3.05) is 27.2 Å². The van der Waals surface area contributed by atoms with Gasteiger partial charge in [-0.1, -0.05) is 23.4 Å². The van der Waals surface area contributed by atoms with Crippen molar-refractivity contribution in [3.8, 4) is 0 Å². The highest BCUT2D eigenvalue weighted by molar-refractivity contribution is 7.93. The first-order valence-electron chi connectivity index (χ1n) is 7.65. The summed E-state index contributed by atoms with van der Waals surface area (Å²) in [4.78, 5) is 21.5. The van der Waals surface area contributed by atoms with Gasteiger partial charge in [0, 0.05) is 12.8 Å². The number of hydrogen-bond acceptors (Lipinski definition) is 8. The monoisotopic (exact) mass is 388 g/mol. The maximum Gasteiger partial charge on any atom is 0.344 e. The molecule has 0 saturated carbocycles. The predicted molar refractivity (Wildman–Crippen MR) is 95.2 cm³/mol. The van der Waals surface area contributed by atoms with E-state index in [4.69, 9.17) is 5.73 Å². The Labute approximate surface area is 152 Å². The van der Waals surface area contributed by atoms with Gasteiger partial charge in [0.2, 0.25) is 9.84 Å². The van der Waals surface area contributed by atoms with E-state index in [0.29, 0.717) is 13.1 Å². The minimum Gasteiger partial charge on any atom is -0.467 e. The zero-order valence-corrected chi connectivity index (χ0v) is 15.8. The van der Waals surface area contributed by atoms with Crippen LogP contribution in [-0.4, -0.2) is 55.9 Å². The molecule has 0 radical (unpaired) electrons. The number of nitrogens with zero attached hydrogens (tertiary/aromatic N) is 2. The fourth-order valence-electron chi connectivity index (χ4n) is 3.11. The first-order chi connectivity index (χ1) is 11.6. The van der Waals surface area contributed by atoms with Crippen LogP contribution in [-0.2, 0) is 19.4 Å². The largest absolute Gasteiger partial charge is 0.467 e. The summed E-state index contributed by atoms with van der Waals surface area (Å²) in [6.07, 6.45) is -0.0116. The van der Waals surface area contributed by atoms with Crippen molar-refractivity contribution >= 4 is 28.6 Å². The Morgan fingerprint density at radius 1 is 1.32 bits per heavy atom. The average Bonchev–Trinajstić information content (AvgIpc) is 2.61. The summed E-state index contributed by atoms with van der Waals surface area (Å²) in [5.74, 6) is -1.20. The first kappa shape index (κ1) is 19.8. The lowest BCUT2D eigenvalue weighted by Gasteiger charge is -2.45. The highest BCUT2D eigenvalue weighted by Gasteiger charge is 2.67. The number of hydrogen-bond donors (Lipinski definition) is 2. The topological polar surface area (TPSA) is 116 Å². The van der Waals surface area contributed by atoms with Crippen LogP contribution in [0.1, 0.15) is 12.8 Å². The number of methoxy groups -OCH3 is 1. The van der Waals surface area contributed by atoms with Crippen LogP contribution < -0.4 is 5.73 Å². The van der Waals surface area contributed by atoms with Crippen molar-refractivity contribution in [3.63, 3.8) is 0 Å². The van der Waals surface area contributed by atoms with E-state index in [0.717, 1.165) is 7.11 Å². The van der Waals surface area contributed by atoms with Crippen LogP contribution in [0.15, 0.2) is 40.4 Å². The summed E-state index contributed by atoms with van der Waals surface area (Å²) < 4.78 is 31.4. The van der Waals surface area contributed by atoms with Gasteiger partial charge in [0.1, 0.15) is 0 Å². The molecule has 2 N–H and O–H groups in total. The van der Waals surface area contributed by atoms with Crippen molar-refractivity contribution in [2.24, 2.45) is 10.9 Å². The molecule has 25 heavy (non-hydrogen) atoms. The molecule has 1 saturated heterocycles. The fraction of sp³-hybridized carbons (Fsp3) is 0.533. The Kier molecular flexibility index (Phi) is 5.29. The first-order valence-corrected chi connectivity index (χ1v) is 9.53. The second kappa shape index (κ2) is 6.67. The quantitative estimate of drug-likeness (QED) is 0.335. The number of piperidine rings is 1. The standard InChI is InChI=1S/C15H22N3O5S2/c1-18(24)10-8-14(17-20,9-11-18)15(16,13(19)23-2)25(21,22)12-6-4-3-5-7-12/h3-7,24H,8-11,16H2,1-2H3/q+1. The Morgan fingerprint density at radius 3 is 2.28 bits per heavy atom. The van der Waals surface area contributed by atoms with Crippen LogP contribution >= 0.6 is 12.8 Å². The third kappa shape index (κ3) is 3.07. The molecule has 0 aromatic heterocycles. The smallest absolute Gasteiger partial charge is 0.344 e. The van der Waals surface area contributed by atoms with Crippen molar-refractivity contribution in [1.82, 2.24) is 0 Å². The van der Waals surface area contributed by atoms with Crippen molar-refractivity contribution in [3.05, 3.63) is 35.2 Å². The molecule has 1 aromatic carbocycles. The zero-order valence-electron chi connectivity index (χ0n) is 14.1. The number of rotatable bonds is 5. The molecule has 0 amide bonds. The van der Waals surface area contributed by atoms with E-state index in [-0.39, 0.29) is 21.6 Å². The minimum absolute atomic E-state index is 0.00579. The summed E-state index contributed by atoms with van der Waals surface area (Å²) in [5, 5.41) is 3.08. The molecular formula is C15H22N3O5S2+. The lowest BCUT2D eigenvalue weighted by molar-refractivity contribution is -0.778. The third-order valence-electron chi connectivity index (χ3n) is 4.85. The van der Waals surface area contributed by atoms with E-state index in [1.54, 1.807) is 6.07 Å². The molecule has 1 aromatic rings. The lowest BCUT2D eigenvalue weighted by atomic mass is 9.81. The Hall–Kier alpha value is -1.49. The maximum absolute atomic E-state index is 13.2. The van der Waals surface area contributed by atoms with Crippen LogP contribution in [0.4, 0.5) is 0 Å². The van der Waals surface area contributed by atoms with Gasteiger partial charge < -0.3 is 10.5 Å². The third-order valence-corrected chi connectivity index (χ3v) is 7.53. The Bertz CT molecular complexity index is 757. The summed E-state index contributed by atoms with van der Waals surface area (Å²) in [7, 11) is -1.59. The number of thiol groups is 1. The van der Waals surface area contributed by atoms with Crippen LogP contribution in [0.25, 0.3) is 0 Å². The fourth-order valence-corrected chi connectivity index (χ4v) is 5.24. The molecule has 8 nitrogen and oxygen atoms in total. The molecule has 1 atom stereocenters. The van der Waals surface area contributed by atoms with Gasteiger partial charge in [0.15, 0.2) is 5.54 Å². The van der Waals surface area contributed by atoms with Gasteiger partial charge >= 0.3 is 5.97 Å². The SMILES string of the molecule is COC(=O)C(N)(C1(N=O)CC[N+](C)(S)CC1)S(=O)(=O)c1ccccc1. The highest BCUT2D eigenvalue weighted by atomic mass is 32.2. The van der Waals surface area contributed by atoms with E-state index in [2.05, 4.69) is 22.7 Å². The van der Waals surface area contributed by atoms with Crippen molar-refractivity contribution in [1.29, 1.82) is 0 Å². The van der Waals surface area contributed by atoms with Crippen LogP contribution in [0, 0.1) is 4.91 Å². The molecule has 0 spiro atoms. The number of nitroso groups, excluding NO2 is 1. The molecule has 1 unspecified atom stereocenters. The van der Waals surface area contributed by atoms with E-state index in [1.165, 1.54) is 24.3 Å². The van der Waals surface area contributed by atoms with Gasteiger partial charge in [-0.3, -0.25) is 3.89 Å². The van der Waals surface area contributed by atoms with Crippen LogP contribution in [0.3, 0.4) is 0 Å². The second-order valence-electron chi connectivity index (χ2n) is 6.45. The Morgan fingerprint density at radius 2 is 1.84 bits per heavy atom. The van der Waals surface area contributed by atoms with E-state index in [1.807, 2.05) is 7.05 Å². The number of carbonyl (C=O) groups excluding carboxylic acids is 1. The number of quaternary nitrogens is 1. The number of carbonyl (C=O) groups is 1. The minimum atomic E-state index is -4.44. The molecule has 10 heteroatoms. The maximum atomic E-state index is 13.2. The molecule has 1 aliphatic rings. The van der Waals surface area contributed by atoms with Gasteiger partial charge in [0.25, 0.3) is 4.87 Å². The van der Waals surface area contributed by atoms with E-state index < -0.39 is 26.2 Å².